The Morgan fingerprint density at radius 3 is 2.45 bits per heavy atom. The zero-order valence-electron chi connectivity index (χ0n) is 12.9. The van der Waals surface area contributed by atoms with Crippen molar-refractivity contribution in [3.8, 4) is 0 Å². The van der Waals surface area contributed by atoms with Crippen LogP contribution in [0.1, 0.15) is 64.7 Å². The van der Waals surface area contributed by atoms with Gasteiger partial charge in [0.2, 0.25) is 11.8 Å². The zero-order chi connectivity index (χ0) is 14.6. The summed E-state index contributed by atoms with van der Waals surface area (Å²) in [6, 6.07) is 0.542. The number of rotatable bonds is 5. The van der Waals surface area contributed by atoms with Gasteiger partial charge in [-0.15, -0.1) is 10.2 Å². The van der Waals surface area contributed by atoms with Crippen LogP contribution in [0.25, 0.3) is 0 Å². The van der Waals surface area contributed by atoms with Crippen molar-refractivity contribution >= 4 is 0 Å². The second kappa shape index (κ2) is 6.68. The average Bonchev–Trinajstić information content (AvgIpc) is 2.88. The summed E-state index contributed by atoms with van der Waals surface area (Å²) < 4.78 is 5.77. The fourth-order valence-corrected chi connectivity index (χ4v) is 2.76. The molecule has 5 heteroatoms. The lowest BCUT2D eigenvalue weighted by Crippen LogP contribution is -2.38. The molecule has 0 spiro atoms. The Hall–Kier alpha value is -0.940. The summed E-state index contributed by atoms with van der Waals surface area (Å²) in [6.07, 6.45) is 6.31. The summed E-state index contributed by atoms with van der Waals surface area (Å²) in [6.45, 7) is 7.70. The van der Waals surface area contributed by atoms with Gasteiger partial charge in [0.25, 0.3) is 0 Å². The summed E-state index contributed by atoms with van der Waals surface area (Å²) in [5, 5.41) is 17.6. The highest BCUT2D eigenvalue weighted by atomic mass is 16.4. The molecule has 1 aromatic rings. The van der Waals surface area contributed by atoms with Crippen molar-refractivity contribution in [3.63, 3.8) is 0 Å². The summed E-state index contributed by atoms with van der Waals surface area (Å²) in [5.74, 6) is 1.34. The molecule has 0 aromatic carbocycles. The fourth-order valence-electron chi connectivity index (χ4n) is 2.76. The minimum atomic E-state index is -0.113. The molecule has 0 amide bonds. The Balaban J connectivity index is 2.01. The van der Waals surface area contributed by atoms with Gasteiger partial charge in [0, 0.05) is 18.0 Å². The molecule has 1 aliphatic rings. The molecule has 1 fully saturated rings. The van der Waals surface area contributed by atoms with E-state index in [1.165, 1.54) is 32.1 Å². The molecule has 0 unspecified atom stereocenters. The van der Waals surface area contributed by atoms with Gasteiger partial charge in [-0.3, -0.25) is 4.90 Å². The van der Waals surface area contributed by atoms with Crippen LogP contribution in [0.2, 0.25) is 0 Å². The normalized spacial score (nSPS) is 17.9. The van der Waals surface area contributed by atoms with Crippen molar-refractivity contribution in [2.45, 2.75) is 70.9 Å². The molecule has 0 saturated heterocycles. The van der Waals surface area contributed by atoms with Crippen LogP contribution in [0.4, 0.5) is 0 Å². The van der Waals surface area contributed by atoms with Crippen LogP contribution in [0.15, 0.2) is 4.42 Å². The van der Waals surface area contributed by atoms with Gasteiger partial charge in [-0.05, 0) is 12.8 Å². The minimum Gasteiger partial charge on any atom is -0.423 e. The van der Waals surface area contributed by atoms with Crippen LogP contribution in [-0.4, -0.2) is 39.4 Å². The van der Waals surface area contributed by atoms with E-state index in [4.69, 9.17) is 4.42 Å². The molecule has 1 heterocycles. The van der Waals surface area contributed by atoms with Crippen molar-refractivity contribution in [2.24, 2.45) is 0 Å². The lowest BCUT2D eigenvalue weighted by Gasteiger charge is -2.32. The second-order valence-corrected chi connectivity index (χ2v) is 6.74. The molecule has 0 radical (unpaired) electrons. The first-order chi connectivity index (χ1) is 9.50. The van der Waals surface area contributed by atoms with Crippen LogP contribution < -0.4 is 0 Å². The molecule has 0 bridgehead atoms. The predicted octanol–water partition coefficient (Wildman–Crippen LogP) is 2.49. The third-order valence-electron chi connectivity index (χ3n) is 3.93. The molecule has 114 valence electrons. The first kappa shape index (κ1) is 15.4. The van der Waals surface area contributed by atoms with E-state index in [1.54, 1.807) is 0 Å². The van der Waals surface area contributed by atoms with E-state index < -0.39 is 0 Å². The van der Waals surface area contributed by atoms with E-state index in [9.17, 15) is 5.11 Å². The SMILES string of the molecule is CC(C)(C)c1nnc(CN(CCO)C2CCCCC2)o1. The van der Waals surface area contributed by atoms with Gasteiger partial charge in [0.05, 0.1) is 13.2 Å². The largest absolute Gasteiger partial charge is 0.423 e. The van der Waals surface area contributed by atoms with Crippen LogP contribution in [0.5, 0.6) is 0 Å². The minimum absolute atomic E-state index is 0.113. The maximum atomic E-state index is 9.27. The van der Waals surface area contributed by atoms with Crippen molar-refractivity contribution in [1.29, 1.82) is 0 Å². The first-order valence-corrected chi connectivity index (χ1v) is 7.68. The van der Waals surface area contributed by atoms with Gasteiger partial charge in [0.1, 0.15) is 0 Å². The van der Waals surface area contributed by atoms with E-state index in [2.05, 4.69) is 35.9 Å². The third kappa shape index (κ3) is 4.03. The smallest absolute Gasteiger partial charge is 0.230 e. The number of aliphatic hydroxyl groups is 1. The lowest BCUT2D eigenvalue weighted by molar-refractivity contribution is 0.107. The van der Waals surface area contributed by atoms with Crippen molar-refractivity contribution in [2.75, 3.05) is 13.2 Å². The van der Waals surface area contributed by atoms with Gasteiger partial charge in [-0.2, -0.15) is 0 Å². The summed E-state index contributed by atoms with van der Waals surface area (Å²) in [4.78, 5) is 2.29. The van der Waals surface area contributed by atoms with Gasteiger partial charge in [0.15, 0.2) is 0 Å². The van der Waals surface area contributed by atoms with Crippen LogP contribution in [0, 0.1) is 0 Å². The number of hydrogen-bond donors (Lipinski definition) is 1. The monoisotopic (exact) mass is 281 g/mol. The topological polar surface area (TPSA) is 62.4 Å². The number of nitrogens with zero attached hydrogens (tertiary/aromatic N) is 3. The molecule has 1 aliphatic carbocycles. The number of aliphatic hydroxyl groups excluding tert-OH is 1. The molecular weight excluding hydrogens is 254 g/mol. The van der Waals surface area contributed by atoms with E-state index in [1.807, 2.05) is 0 Å². The fraction of sp³-hybridized carbons (Fsp3) is 0.867. The Labute approximate surface area is 121 Å². The maximum Gasteiger partial charge on any atom is 0.230 e. The first-order valence-electron chi connectivity index (χ1n) is 7.68. The standard InChI is InChI=1S/C15H27N3O2/c1-15(2,3)14-17-16-13(20-14)11-18(9-10-19)12-7-5-4-6-8-12/h12,19H,4-11H2,1-3H3. The Kier molecular flexibility index (Phi) is 5.16. The van der Waals surface area contributed by atoms with Gasteiger partial charge < -0.3 is 9.52 Å². The van der Waals surface area contributed by atoms with Gasteiger partial charge in [-0.25, -0.2) is 0 Å². The summed E-state index contributed by atoms with van der Waals surface area (Å²) in [7, 11) is 0. The van der Waals surface area contributed by atoms with Crippen molar-refractivity contribution < 1.29 is 9.52 Å². The molecule has 0 atom stereocenters. The van der Waals surface area contributed by atoms with E-state index in [0.29, 0.717) is 30.9 Å². The highest BCUT2D eigenvalue weighted by Crippen LogP contribution is 2.25. The second-order valence-electron chi connectivity index (χ2n) is 6.74. The molecular formula is C15H27N3O2. The quantitative estimate of drug-likeness (QED) is 0.898. The number of aromatic nitrogens is 2. The van der Waals surface area contributed by atoms with Gasteiger partial charge >= 0.3 is 0 Å². The molecule has 5 nitrogen and oxygen atoms in total. The summed E-state index contributed by atoms with van der Waals surface area (Å²) in [5.41, 5.74) is -0.113. The molecule has 20 heavy (non-hydrogen) atoms. The molecule has 1 saturated carbocycles. The van der Waals surface area contributed by atoms with Crippen LogP contribution >= 0.6 is 0 Å². The van der Waals surface area contributed by atoms with Crippen LogP contribution in [-0.2, 0) is 12.0 Å². The highest BCUT2D eigenvalue weighted by molar-refractivity contribution is 4.96. The number of hydrogen-bond acceptors (Lipinski definition) is 5. The third-order valence-corrected chi connectivity index (χ3v) is 3.93. The Morgan fingerprint density at radius 1 is 1.20 bits per heavy atom. The van der Waals surface area contributed by atoms with Crippen molar-refractivity contribution in [3.05, 3.63) is 11.8 Å². The Morgan fingerprint density at radius 2 is 1.90 bits per heavy atom. The predicted molar refractivity (Wildman–Crippen MR) is 77.4 cm³/mol. The zero-order valence-corrected chi connectivity index (χ0v) is 12.9. The molecule has 1 N–H and O–H groups in total. The molecule has 2 rings (SSSR count). The van der Waals surface area contributed by atoms with Gasteiger partial charge in [-0.1, -0.05) is 40.0 Å². The summed E-state index contributed by atoms with van der Waals surface area (Å²) >= 11 is 0. The molecule has 0 aliphatic heterocycles. The van der Waals surface area contributed by atoms with Crippen molar-refractivity contribution in [1.82, 2.24) is 15.1 Å². The van der Waals surface area contributed by atoms with E-state index in [-0.39, 0.29) is 12.0 Å². The van der Waals surface area contributed by atoms with E-state index >= 15 is 0 Å². The maximum absolute atomic E-state index is 9.27. The average molecular weight is 281 g/mol. The van der Waals surface area contributed by atoms with E-state index in [0.717, 1.165) is 0 Å². The Bertz CT molecular complexity index is 405. The lowest BCUT2D eigenvalue weighted by atomic mass is 9.94. The van der Waals surface area contributed by atoms with Crippen LogP contribution in [0.3, 0.4) is 0 Å². The molecule has 1 aromatic heterocycles. The highest BCUT2D eigenvalue weighted by Gasteiger charge is 2.25.